The molecule has 1 heterocycles. The number of hydrogen-bond donors (Lipinski definition) is 1. The van der Waals surface area contributed by atoms with Crippen molar-refractivity contribution in [2.24, 2.45) is 17.8 Å². The number of nitrogens with one attached hydrogen (secondary N) is 1. The second-order valence-electron chi connectivity index (χ2n) is 12.6. The van der Waals surface area contributed by atoms with E-state index in [9.17, 15) is 9.59 Å². The minimum absolute atomic E-state index is 0.00554. The molecule has 1 aliphatic rings. The molecule has 1 aromatic carbocycles. The summed E-state index contributed by atoms with van der Waals surface area (Å²) < 4.78 is 5.84. The summed E-state index contributed by atoms with van der Waals surface area (Å²) in [6.45, 7) is 17.1. The fourth-order valence-corrected chi connectivity index (χ4v) is 6.38. The molecule has 1 aliphatic heterocycles. The predicted octanol–water partition coefficient (Wildman–Crippen LogP) is 6.84. The van der Waals surface area contributed by atoms with Crippen molar-refractivity contribution in [3.8, 4) is 0 Å². The Kier molecular flexibility index (Phi) is 15.5. The van der Waals surface area contributed by atoms with Crippen molar-refractivity contribution in [2.75, 3.05) is 27.2 Å². The molecule has 0 aliphatic carbocycles. The quantitative estimate of drug-likeness (QED) is 0.185. The van der Waals surface area contributed by atoms with E-state index in [0.717, 1.165) is 57.9 Å². The van der Waals surface area contributed by atoms with E-state index in [1.807, 2.05) is 23.1 Å². The number of carbonyl (C=O) groups excluding carboxylic acids is 2. The molecule has 2 rings (SSSR count). The standard InChI is InChI=1S/C35H59N3O3/c1-9-27(5)35(37(7)28(6)21-20-26(3)4)30(10-2)24-34(40)38-23-15-19-31(38)32(41-8)25-33(39)36-22-14-18-29-16-12-11-13-17-29/h11-13,16-17,26-27,30-32,35H,6,9-10,14-15,18-25H2,1-5,7-8H3,(H,36,39). The first kappa shape index (κ1) is 34.9. The van der Waals surface area contributed by atoms with E-state index < -0.39 is 0 Å². The Morgan fingerprint density at radius 3 is 2.44 bits per heavy atom. The second-order valence-corrected chi connectivity index (χ2v) is 12.6. The highest BCUT2D eigenvalue weighted by Gasteiger charge is 2.38. The van der Waals surface area contributed by atoms with Crippen LogP contribution in [0.5, 0.6) is 0 Å². The molecule has 0 spiro atoms. The van der Waals surface area contributed by atoms with Gasteiger partial charge in [-0.25, -0.2) is 0 Å². The number of likely N-dealkylation sites (tertiary alicyclic amines) is 1. The Bertz CT molecular complexity index is 918. The summed E-state index contributed by atoms with van der Waals surface area (Å²) in [6.07, 6.45) is 8.30. The number of ether oxygens (including phenoxy) is 1. The Balaban J connectivity index is 1.99. The topological polar surface area (TPSA) is 61.9 Å². The summed E-state index contributed by atoms with van der Waals surface area (Å²) in [5, 5.41) is 3.06. The van der Waals surface area contributed by atoms with E-state index in [-0.39, 0.29) is 42.3 Å². The van der Waals surface area contributed by atoms with Crippen LogP contribution in [0.4, 0.5) is 0 Å². The SMILES string of the molecule is C=C(CCC(C)C)N(C)C(C(C)CC)C(CC)CC(=O)N1CCCC1C(CC(=O)NCCCc1ccccc1)OC. The minimum atomic E-state index is -0.292. The average Bonchev–Trinajstić information content (AvgIpc) is 3.46. The van der Waals surface area contributed by atoms with Crippen LogP contribution in [-0.2, 0) is 20.7 Å². The van der Waals surface area contributed by atoms with Gasteiger partial charge in [0.05, 0.1) is 18.6 Å². The molecule has 1 saturated heterocycles. The average molecular weight is 570 g/mol. The number of amides is 2. The fourth-order valence-electron chi connectivity index (χ4n) is 6.38. The highest BCUT2D eigenvalue weighted by Crippen LogP contribution is 2.32. The van der Waals surface area contributed by atoms with Crippen LogP contribution in [0.3, 0.4) is 0 Å². The second kappa shape index (κ2) is 18.3. The van der Waals surface area contributed by atoms with Gasteiger partial charge in [-0.1, -0.05) is 84.4 Å². The number of allylic oxidation sites excluding steroid dienone is 1. The molecule has 0 radical (unpaired) electrons. The number of carbonyl (C=O) groups is 2. The lowest BCUT2D eigenvalue weighted by atomic mass is 9.82. The van der Waals surface area contributed by atoms with Gasteiger partial charge in [0, 0.05) is 45.4 Å². The molecule has 41 heavy (non-hydrogen) atoms. The maximum atomic E-state index is 13.8. The Morgan fingerprint density at radius 2 is 1.83 bits per heavy atom. The van der Waals surface area contributed by atoms with Crippen molar-refractivity contribution in [2.45, 2.75) is 117 Å². The number of rotatable bonds is 19. The van der Waals surface area contributed by atoms with Crippen LogP contribution in [0.2, 0.25) is 0 Å². The van der Waals surface area contributed by atoms with Crippen molar-refractivity contribution in [3.63, 3.8) is 0 Å². The van der Waals surface area contributed by atoms with Crippen LogP contribution >= 0.6 is 0 Å². The number of aryl methyl sites for hydroxylation is 1. The van der Waals surface area contributed by atoms with E-state index >= 15 is 0 Å². The van der Waals surface area contributed by atoms with Gasteiger partial charge in [0.1, 0.15) is 0 Å². The van der Waals surface area contributed by atoms with E-state index in [4.69, 9.17) is 4.74 Å². The van der Waals surface area contributed by atoms with E-state index in [1.165, 1.54) is 11.3 Å². The largest absolute Gasteiger partial charge is 0.379 e. The molecule has 232 valence electrons. The minimum Gasteiger partial charge on any atom is -0.379 e. The summed E-state index contributed by atoms with van der Waals surface area (Å²) in [5.41, 5.74) is 2.45. The van der Waals surface area contributed by atoms with Gasteiger partial charge in [-0.05, 0) is 61.8 Å². The predicted molar refractivity (Wildman–Crippen MR) is 171 cm³/mol. The highest BCUT2D eigenvalue weighted by atomic mass is 16.5. The summed E-state index contributed by atoms with van der Waals surface area (Å²) in [7, 11) is 3.84. The number of methoxy groups -OCH3 is 1. The van der Waals surface area contributed by atoms with Crippen LogP contribution in [0.1, 0.15) is 98.0 Å². The van der Waals surface area contributed by atoms with Gasteiger partial charge < -0.3 is 19.9 Å². The first-order chi connectivity index (χ1) is 19.6. The molecule has 0 bridgehead atoms. The Morgan fingerprint density at radius 1 is 1.12 bits per heavy atom. The lowest BCUT2D eigenvalue weighted by Crippen LogP contribution is -2.48. The van der Waals surface area contributed by atoms with Gasteiger partial charge in [-0.2, -0.15) is 0 Å². The first-order valence-corrected chi connectivity index (χ1v) is 16.2. The van der Waals surface area contributed by atoms with Crippen molar-refractivity contribution in [3.05, 3.63) is 48.2 Å². The number of nitrogens with zero attached hydrogens (tertiary/aromatic N) is 2. The molecule has 1 N–H and O–H groups in total. The van der Waals surface area contributed by atoms with Gasteiger partial charge in [-0.3, -0.25) is 9.59 Å². The monoisotopic (exact) mass is 569 g/mol. The Labute approximate surface area is 251 Å². The van der Waals surface area contributed by atoms with Gasteiger partial charge in [0.25, 0.3) is 0 Å². The smallest absolute Gasteiger partial charge is 0.223 e. The zero-order valence-electron chi connectivity index (χ0n) is 27.2. The van der Waals surface area contributed by atoms with E-state index in [1.54, 1.807) is 7.11 Å². The number of benzene rings is 1. The normalized spacial score (nSPS) is 18.1. The van der Waals surface area contributed by atoms with Gasteiger partial charge in [0.2, 0.25) is 11.8 Å². The molecule has 6 nitrogen and oxygen atoms in total. The molecule has 6 heteroatoms. The van der Waals surface area contributed by atoms with Gasteiger partial charge in [0.15, 0.2) is 0 Å². The van der Waals surface area contributed by atoms with Gasteiger partial charge >= 0.3 is 0 Å². The lowest BCUT2D eigenvalue weighted by molar-refractivity contribution is -0.138. The van der Waals surface area contributed by atoms with Crippen LogP contribution in [0, 0.1) is 17.8 Å². The van der Waals surface area contributed by atoms with Crippen LogP contribution in [0.15, 0.2) is 42.6 Å². The lowest BCUT2D eigenvalue weighted by Gasteiger charge is -2.41. The molecule has 0 aromatic heterocycles. The summed E-state index contributed by atoms with van der Waals surface area (Å²) in [6, 6.07) is 10.6. The Hall–Kier alpha value is -2.34. The van der Waals surface area contributed by atoms with Crippen LogP contribution < -0.4 is 5.32 Å². The van der Waals surface area contributed by atoms with Gasteiger partial charge in [-0.15, -0.1) is 0 Å². The van der Waals surface area contributed by atoms with Crippen LogP contribution in [-0.4, -0.2) is 67.0 Å². The molecule has 0 saturated carbocycles. The van der Waals surface area contributed by atoms with E-state index in [0.29, 0.717) is 24.8 Å². The summed E-state index contributed by atoms with van der Waals surface area (Å²) in [4.78, 5) is 31.0. The zero-order valence-corrected chi connectivity index (χ0v) is 27.2. The highest BCUT2D eigenvalue weighted by molar-refractivity contribution is 5.78. The maximum absolute atomic E-state index is 13.8. The fraction of sp³-hybridized carbons (Fsp3) is 0.714. The van der Waals surface area contributed by atoms with Crippen molar-refractivity contribution in [1.29, 1.82) is 0 Å². The third-order valence-electron chi connectivity index (χ3n) is 9.17. The first-order valence-electron chi connectivity index (χ1n) is 16.2. The molecule has 2 amide bonds. The van der Waals surface area contributed by atoms with Crippen molar-refractivity contribution in [1.82, 2.24) is 15.1 Å². The third kappa shape index (κ3) is 11.1. The molecule has 5 atom stereocenters. The zero-order chi connectivity index (χ0) is 30.4. The molecule has 5 unspecified atom stereocenters. The summed E-state index contributed by atoms with van der Waals surface area (Å²) in [5.74, 6) is 1.53. The van der Waals surface area contributed by atoms with Crippen molar-refractivity contribution < 1.29 is 14.3 Å². The number of hydrogen-bond acceptors (Lipinski definition) is 4. The molecular formula is C35H59N3O3. The molecule has 1 fully saturated rings. The maximum Gasteiger partial charge on any atom is 0.223 e. The third-order valence-corrected chi connectivity index (χ3v) is 9.17. The van der Waals surface area contributed by atoms with E-state index in [2.05, 4.69) is 70.6 Å². The summed E-state index contributed by atoms with van der Waals surface area (Å²) >= 11 is 0. The van der Waals surface area contributed by atoms with Crippen molar-refractivity contribution >= 4 is 11.8 Å². The molecule has 1 aromatic rings. The van der Waals surface area contributed by atoms with Crippen LogP contribution in [0.25, 0.3) is 0 Å². The molecular weight excluding hydrogens is 510 g/mol.